The number of aromatic nitrogens is 1. The van der Waals surface area contributed by atoms with Crippen LogP contribution in [0.25, 0.3) is 10.2 Å². The normalized spacial score (nSPS) is 17.0. The van der Waals surface area contributed by atoms with Crippen LogP contribution in [0.15, 0.2) is 36.4 Å². The van der Waals surface area contributed by atoms with Gasteiger partial charge in [-0.2, -0.15) is 0 Å². The third kappa shape index (κ3) is 2.03. The number of aliphatic hydroxyl groups is 1. The van der Waals surface area contributed by atoms with E-state index in [1.54, 1.807) is 12.1 Å². The highest BCUT2D eigenvalue weighted by atomic mass is 32.1. The van der Waals surface area contributed by atoms with Crippen molar-refractivity contribution >= 4 is 33.1 Å². The molecule has 0 aliphatic carbocycles. The zero-order valence-corrected chi connectivity index (χ0v) is 13.2. The Morgan fingerprint density at radius 2 is 2.04 bits per heavy atom. The lowest BCUT2D eigenvalue weighted by atomic mass is 9.92. The molecule has 0 saturated carbocycles. The average molecular weight is 326 g/mol. The van der Waals surface area contributed by atoms with Crippen LogP contribution >= 0.6 is 11.3 Å². The Morgan fingerprint density at radius 3 is 2.83 bits per heavy atom. The number of phenolic OH excluding ortho intramolecular Hbond substituents is 1. The van der Waals surface area contributed by atoms with Crippen LogP contribution in [0.1, 0.15) is 22.1 Å². The number of carbonyl (C=O) groups excluding carboxylic acids is 1. The van der Waals surface area contributed by atoms with E-state index in [2.05, 4.69) is 4.98 Å². The van der Waals surface area contributed by atoms with Crippen molar-refractivity contribution in [3.05, 3.63) is 52.5 Å². The summed E-state index contributed by atoms with van der Waals surface area (Å²) in [6.07, 6.45) is 0. The topological polar surface area (TPSA) is 73.7 Å². The summed E-state index contributed by atoms with van der Waals surface area (Å²) in [6, 6.07) is 10.8. The summed E-state index contributed by atoms with van der Waals surface area (Å²) in [4.78, 5) is 18.4. The van der Waals surface area contributed by atoms with E-state index in [4.69, 9.17) is 0 Å². The number of amides is 1. The van der Waals surface area contributed by atoms with Gasteiger partial charge in [0.1, 0.15) is 12.5 Å². The summed E-state index contributed by atoms with van der Waals surface area (Å²) in [5, 5.41) is 20.8. The molecule has 0 spiro atoms. The quantitative estimate of drug-likeness (QED) is 0.759. The molecule has 2 heterocycles. The summed E-state index contributed by atoms with van der Waals surface area (Å²) in [6.45, 7) is 1.53. The lowest BCUT2D eigenvalue weighted by Gasteiger charge is -2.15. The van der Waals surface area contributed by atoms with Crippen molar-refractivity contribution < 1.29 is 15.0 Å². The number of aryl methyl sites for hydroxylation is 1. The highest BCUT2D eigenvalue weighted by molar-refractivity contribution is 7.18. The number of aromatic hydroxyl groups is 1. The monoisotopic (exact) mass is 326 g/mol. The van der Waals surface area contributed by atoms with Gasteiger partial charge in [-0.05, 0) is 24.6 Å². The molecule has 1 aromatic heterocycles. The molecular weight excluding hydrogens is 312 g/mol. The van der Waals surface area contributed by atoms with Crippen molar-refractivity contribution in [2.24, 2.45) is 0 Å². The van der Waals surface area contributed by atoms with Gasteiger partial charge >= 0.3 is 0 Å². The van der Waals surface area contributed by atoms with Crippen molar-refractivity contribution in [1.29, 1.82) is 0 Å². The molecule has 0 saturated heterocycles. The summed E-state index contributed by atoms with van der Waals surface area (Å²) >= 11 is 1.53. The molecule has 0 fully saturated rings. The number of aliphatic hydroxyl groups excluding tert-OH is 1. The first-order valence-corrected chi connectivity index (χ1v) is 8.03. The summed E-state index contributed by atoms with van der Waals surface area (Å²) < 4.78 is 0.933. The number of thiazole rings is 1. The molecule has 0 radical (unpaired) electrons. The lowest BCUT2D eigenvalue weighted by Crippen LogP contribution is -2.29. The van der Waals surface area contributed by atoms with Crippen LogP contribution in [0.3, 0.4) is 0 Å². The second-order valence-electron chi connectivity index (χ2n) is 5.51. The molecule has 2 N–H and O–H groups in total. The summed E-state index contributed by atoms with van der Waals surface area (Å²) in [5.74, 6) is -0.787. The maximum absolute atomic E-state index is 12.7. The first kappa shape index (κ1) is 14.2. The zero-order valence-electron chi connectivity index (χ0n) is 12.4. The molecule has 23 heavy (non-hydrogen) atoms. The Labute approximate surface area is 136 Å². The number of fused-ring (bicyclic) bond motifs is 2. The zero-order chi connectivity index (χ0) is 16.1. The fourth-order valence-corrected chi connectivity index (χ4v) is 4.01. The smallest absolute Gasteiger partial charge is 0.241 e. The van der Waals surface area contributed by atoms with Crippen LogP contribution in [0, 0.1) is 6.92 Å². The Hall–Kier alpha value is -2.44. The van der Waals surface area contributed by atoms with Gasteiger partial charge in [-0.25, -0.2) is 4.98 Å². The van der Waals surface area contributed by atoms with Gasteiger partial charge in [0, 0.05) is 11.6 Å². The predicted octanol–water partition coefficient (Wildman–Crippen LogP) is 2.74. The van der Waals surface area contributed by atoms with Gasteiger partial charge in [0.05, 0.1) is 26.8 Å². The fraction of sp³-hybridized carbons (Fsp3) is 0.176. The molecule has 2 aromatic carbocycles. The first-order chi connectivity index (χ1) is 11.1. The standard InChI is InChI=1S/C17H14N2O3S/c1-9-18-12-7-14(21)11(6-15(12)23-9)16-10-4-2-3-5-13(10)19(8-20)17(16)22/h2-7,16,20-21H,8H2,1H3. The number of nitrogens with zero attached hydrogens (tertiary/aromatic N) is 2. The van der Waals surface area contributed by atoms with Crippen LogP contribution in [0.5, 0.6) is 5.75 Å². The van der Waals surface area contributed by atoms with Crippen LogP contribution in [0.4, 0.5) is 5.69 Å². The van der Waals surface area contributed by atoms with Gasteiger partial charge in [0.2, 0.25) is 5.91 Å². The molecule has 6 heteroatoms. The first-order valence-electron chi connectivity index (χ1n) is 7.21. The van der Waals surface area contributed by atoms with Crippen LogP contribution < -0.4 is 4.90 Å². The Balaban J connectivity index is 1.93. The third-order valence-corrected chi connectivity index (χ3v) is 5.08. The van der Waals surface area contributed by atoms with Gasteiger partial charge < -0.3 is 10.2 Å². The number of hydrogen-bond acceptors (Lipinski definition) is 5. The van der Waals surface area contributed by atoms with Crippen molar-refractivity contribution in [3.8, 4) is 5.75 Å². The maximum Gasteiger partial charge on any atom is 0.241 e. The molecular formula is C17H14N2O3S. The van der Waals surface area contributed by atoms with Gasteiger partial charge in [-0.3, -0.25) is 9.69 Å². The molecule has 1 aliphatic rings. The molecule has 1 aliphatic heterocycles. The number of phenols is 1. The minimum atomic E-state index is -0.606. The van der Waals surface area contributed by atoms with E-state index in [9.17, 15) is 15.0 Å². The van der Waals surface area contributed by atoms with Gasteiger partial charge in [0.15, 0.2) is 0 Å². The molecule has 5 nitrogen and oxygen atoms in total. The van der Waals surface area contributed by atoms with Crippen molar-refractivity contribution in [3.63, 3.8) is 0 Å². The SMILES string of the molecule is Cc1nc2cc(O)c(C3C(=O)N(CO)c4ccccc43)cc2s1. The maximum atomic E-state index is 12.7. The molecule has 3 aromatic rings. The number of carbonyl (C=O) groups is 1. The molecule has 1 atom stereocenters. The van der Waals surface area contributed by atoms with E-state index < -0.39 is 5.92 Å². The van der Waals surface area contributed by atoms with Crippen LogP contribution in [0.2, 0.25) is 0 Å². The Morgan fingerprint density at radius 1 is 1.26 bits per heavy atom. The van der Waals surface area contributed by atoms with E-state index in [1.807, 2.05) is 31.2 Å². The second kappa shape index (κ2) is 5.04. The Kier molecular flexibility index (Phi) is 3.11. The number of hydrogen-bond donors (Lipinski definition) is 2. The summed E-state index contributed by atoms with van der Waals surface area (Å²) in [5.41, 5.74) is 2.76. The molecule has 116 valence electrons. The van der Waals surface area contributed by atoms with E-state index in [-0.39, 0.29) is 18.4 Å². The third-order valence-electron chi connectivity index (χ3n) is 4.15. The van der Waals surface area contributed by atoms with Gasteiger partial charge in [0.25, 0.3) is 0 Å². The molecule has 1 unspecified atom stereocenters. The number of benzene rings is 2. The highest BCUT2D eigenvalue weighted by Crippen LogP contribution is 2.44. The van der Waals surface area contributed by atoms with E-state index in [0.717, 1.165) is 20.8 Å². The van der Waals surface area contributed by atoms with E-state index in [0.29, 0.717) is 11.3 Å². The minimum absolute atomic E-state index is 0.0516. The van der Waals surface area contributed by atoms with E-state index >= 15 is 0 Å². The highest BCUT2D eigenvalue weighted by Gasteiger charge is 2.39. The largest absolute Gasteiger partial charge is 0.508 e. The number of rotatable bonds is 2. The molecule has 1 amide bonds. The molecule has 4 rings (SSSR count). The fourth-order valence-electron chi connectivity index (χ4n) is 3.16. The lowest BCUT2D eigenvalue weighted by molar-refractivity contribution is -0.119. The second-order valence-corrected chi connectivity index (χ2v) is 6.75. The van der Waals surface area contributed by atoms with Gasteiger partial charge in [-0.1, -0.05) is 18.2 Å². The number of para-hydroxylation sites is 1. The molecule has 0 bridgehead atoms. The average Bonchev–Trinajstić information content (AvgIpc) is 3.02. The predicted molar refractivity (Wildman–Crippen MR) is 88.9 cm³/mol. The van der Waals surface area contributed by atoms with Crippen molar-refractivity contribution in [2.75, 3.05) is 11.6 Å². The van der Waals surface area contributed by atoms with Gasteiger partial charge in [-0.15, -0.1) is 11.3 Å². The van der Waals surface area contributed by atoms with Crippen molar-refractivity contribution in [1.82, 2.24) is 4.98 Å². The number of anilines is 1. The summed E-state index contributed by atoms with van der Waals surface area (Å²) in [7, 11) is 0. The van der Waals surface area contributed by atoms with Crippen molar-refractivity contribution in [2.45, 2.75) is 12.8 Å². The minimum Gasteiger partial charge on any atom is -0.508 e. The van der Waals surface area contributed by atoms with Crippen LogP contribution in [-0.2, 0) is 4.79 Å². The Bertz CT molecular complexity index is 935. The van der Waals surface area contributed by atoms with Crippen LogP contribution in [-0.4, -0.2) is 27.8 Å². The van der Waals surface area contributed by atoms with E-state index in [1.165, 1.54) is 16.2 Å².